The van der Waals surface area contributed by atoms with Crippen LogP contribution in [0.4, 0.5) is 0 Å². The van der Waals surface area contributed by atoms with Crippen molar-refractivity contribution in [3.63, 3.8) is 0 Å². The summed E-state index contributed by atoms with van der Waals surface area (Å²) in [6.45, 7) is 2.96. The van der Waals surface area contributed by atoms with E-state index in [1.807, 2.05) is 30.3 Å². The van der Waals surface area contributed by atoms with Gasteiger partial charge in [0.15, 0.2) is 0 Å². The van der Waals surface area contributed by atoms with Crippen LogP contribution in [-0.2, 0) is 6.54 Å². The third kappa shape index (κ3) is 3.73. The maximum Gasteiger partial charge on any atom is 0.213 e. The molecule has 0 saturated carbocycles. The molecule has 1 atom stereocenters. The number of hydrogen-bond donors (Lipinski definition) is 0. The van der Waals surface area contributed by atoms with Crippen LogP contribution in [-0.4, -0.2) is 36.2 Å². The number of aromatic nitrogens is 1. The minimum atomic E-state index is 0.234. The molecule has 1 saturated heterocycles. The number of rotatable bonds is 5. The van der Waals surface area contributed by atoms with E-state index in [0.717, 1.165) is 31.8 Å². The Hall–Kier alpha value is -2.07. The average molecular weight is 284 g/mol. The van der Waals surface area contributed by atoms with Crippen molar-refractivity contribution in [3.8, 4) is 11.6 Å². The van der Waals surface area contributed by atoms with E-state index in [0.29, 0.717) is 5.88 Å². The van der Waals surface area contributed by atoms with Gasteiger partial charge in [-0.25, -0.2) is 4.98 Å². The summed E-state index contributed by atoms with van der Waals surface area (Å²) in [4.78, 5) is 6.63. The molecule has 0 aliphatic carbocycles. The molecule has 0 radical (unpaired) electrons. The summed E-state index contributed by atoms with van der Waals surface area (Å²) in [6, 6.07) is 14.0. The first-order chi connectivity index (χ1) is 10.3. The Bertz CT molecular complexity index is 557. The van der Waals surface area contributed by atoms with E-state index in [2.05, 4.69) is 22.0 Å². The van der Waals surface area contributed by atoms with Crippen LogP contribution in [0.15, 0.2) is 48.7 Å². The van der Waals surface area contributed by atoms with E-state index in [4.69, 9.17) is 9.47 Å². The Labute approximate surface area is 125 Å². The maximum absolute atomic E-state index is 5.91. The zero-order valence-corrected chi connectivity index (χ0v) is 12.2. The molecule has 1 aromatic carbocycles. The summed E-state index contributed by atoms with van der Waals surface area (Å²) in [7, 11) is 1.69. The number of nitrogens with zero attached hydrogens (tertiary/aromatic N) is 2. The molecular weight excluding hydrogens is 264 g/mol. The van der Waals surface area contributed by atoms with Gasteiger partial charge in [-0.15, -0.1) is 0 Å². The van der Waals surface area contributed by atoms with E-state index in [9.17, 15) is 0 Å². The predicted molar refractivity (Wildman–Crippen MR) is 81.5 cm³/mol. The molecule has 1 aliphatic heterocycles. The van der Waals surface area contributed by atoms with Gasteiger partial charge in [-0.05, 0) is 30.2 Å². The molecule has 0 spiro atoms. The van der Waals surface area contributed by atoms with Gasteiger partial charge in [0.25, 0.3) is 0 Å². The first-order valence-electron chi connectivity index (χ1n) is 7.26. The van der Waals surface area contributed by atoms with Crippen molar-refractivity contribution in [2.45, 2.75) is 19.1 Å². The summed E-state index contributed by atoms with van der Waals surface area (Å²) < 4.78 is 11.1. The summed E-state index contributed by atoms with van der Waals surface area (Å²) in [5.41, 5.74) is 1.30. The molecule has 4 heteroatoms. The van der Waals surface area contributed by atoms with Crippen molar-refractivity contribution in [3.05, 3.63) is 54.2 Å². The topological polar surface area (TPSA) is 34.6 Å². The van der Waals surface area contributed by atoms with Crippen LogP contribution >= 0.6 is 0 Å². The highest BCUT2D eigenvalue weighted by Gasteiger charge is 2.24. The predicted octanol–water partition coefficient (Wildman–Crippen LogP) is 2.74. The minimum absolute atomic E-state index is 0.234. The monoisotopic (exact) mass is 284 g/mol. The third-order valence-corrected chi connectivity index (χ3v) is 3.72. The average Bonchev–Trinajstić information content (AvgIpc) is 2.96. The summed E-state index contributed by atoms with van der Waals surface area (Å²) in [6.07, 6.45) is 3.05. The van der Waals surface area contributed by atoms with Gasteiger partial charge >= 0.3 is 0 Å². The largest absolute Gasteiger partial charge is 0.497 e. The van der Waals surface area contributed by atoms with Gasteiger partial charge in [0, 0.05) is 31.9 Å². The molecule has 110 valence electrons. The highest BCUT2D eigenvalue weighted by atomic mass is 16.5. The number of ether oxygens (including phenoxy) is 2. The molecular formula is C17H20N2O2. The molecule has 1 unspecified atom stereocenters. The summed E-state index contributed by atoms with van der Waals surface area (Å²) in [5, 5.41) is 0. The van der Waals surface area contributed by atoms with Crippen molar-refractivity contribution in [2.75, 3.05) is 20.2 Å². The zero-order chi connectivity index (χ0) is 14.5. The number of methoxy groups -OCH3 is 1. The van der Waals surface area contributed by atoms with Gasteiger partial charge in [0.05, 0.1) is 7.11 Å². The SMILES string of the molecule is COc1ccc(CN2CCC(Oc3ccccn3)C2)cc1. The highest BCUT2D eigenvalue weighted by Crippen LogP contribution is 2.19. The van der Waals surface area contributed by atoms with Gasteiger partial charge in [-0.2, -0.15) is 0 Å². The minimum Gasteiger partial charge on any atom is -0.497 e. The Morgan fingerprint density at radius 1 is 1.19 bits per heavy atom. The lowest BCUT2D eigenvalue weighted by atomic mass is 10.2. The Balaban J connectivity index is 1.52. The van der Waals surface area contributed by atoms with Crippen molar-refractivity contribution in [2.24, 2.45) is 0 Å². The lowest BCUT2D eigenvalue weighted by molar-refractivity contribution is 0.191. The van der Waals surface area contributed by atoms with Gasteiger partial charge < -0.3 is 9.47 Å². The molecule has 4 nitrogen and oxygen atoms in total. The Kier molecular flexibility index (Phi) is 4.36. The van der Waals surface area contributed by atoms with Gasteiger partial charge in [0.1, 0.15) is 11.9 Å². The van der Waals surface area contributed by atoms with E-state index in [1.165, 1.54) is 5.56 Å². The van der Waals surface area contributed by atoms with E-state index in [1.54, 1.807) is 13.3 Å². The lowest BCUT2D eigenvalue weighted by Crippen LogP contribution is -2.24. The number of benzene rings is 1. The van der Waals surface area contributed by atoms with Crippen molar-refractivity contribution < 1.29 is 9.47 Å². The molecule has 2 heterocycles. The van der Waals surface area contributed by atoms with Crippen LogP contribution in [0.1, 0.15) is 12.0 Å². The molecule has 2 aromatic rings. The van der Waals surface area contributed by atoms with Crippen molar-refractivity contribution in [1.29, 1.82) is 0 Å². The second kappa shape index (κ2) is 6.59. The second-order valence-electron chi connectivity index (χ2n) is 5.28. The van der Waals surface area contributed by atoms with Crippen LogP contribution in [0.2, 0.25) is 0 Å². The van der Waals surface area contributed by atoms with E-state index in [-0.39, 0.29) is 6.10 Å². The fraction of sp³-hybridized carbons (Fsp3) is 0.353. The first-order valence-corrected chi connectivity index (χ1v) is 7.26. The molecule has 3 rings (SSSR count). The molecule has 1 aromatic heterocycles. The highest BCUT2D eigenvalue weighted by molar-refractivity contribution is 5.27. The first kappa shape index (κ1) is 13.9. The van der Waals surface area contributed by atoms with E-state index >= 15 is 0 Å². The number of hydrogen-bond acceptors (Lipinski definition) is 4. The van der Waals surface area contributed by atoms with Crippen molar-refractivity contribution in [1.82, 2.24) is 9.88 Å². The fourth-order valence-electron chi connectivity index (χ4n) is 2.61. The van der Waals surface area contributed by atoms with Crippen LogP contribution in [0, 0.1) is 0 Å². The quantitative estimate of drug-likeness (QED) is 0.845. The molecule has 0 amide bonds. The van der Waals surface area contributed by atoms with E-state index < -0.39 is 0 Å². The molecule has 21 heavy (non-hydrogen) atoms. The number of likely N-dealkylation sites (tertiary alicyclic amines) is 1. The molecule has 1 fully saturated rings. The Morgan fingerprint density at radius 2 is 2.05 bits per heavy atom. The molecule has 0 bridgehead atoms. The normalized spacial score (nSPS) is 18.6. The van der Waals surface area contributed by atoms with Crippen LogP contribution in [0.3, 0.4) is 0 Å². The maximum atomic E-state index is 5.91. The fourth-order valence-corrected chi connectivity index (χ4v) is 2.61. The third-order valence-electron chi connectivity index (χ3n) is 3.72. The van der Waals surface area contributed by atoms with Crippen LogP contribution < -0.4 is 9.47 Å². The van der Waals surface area contributed by atoms with Crippen molar-refractivity contribution >= 4 is 0 Å². The lowest BCUT2D eigenvalue weighted by Gasteiger charge is -2.16. The Morgan fingerprint density at radius 3 is 2.76 bits per heavy atom. The van der Waals surface area contributed by atoms with Gasteiger partial charge in [0.2, 0.25) is 5.88 Å². The smallest absolute Gasteiger partial charge is 0.213 e. The second-order valence-corrected chi connectivity index (χ2v) is 5.28. The molecule has 0 N–H and O–H groups in total. The molecule has 1 aliphatic rings. The van der Waals surface area contributed by atoms with Gasteiger partial charge in [-0.1, -0.05) is 18.2 Å². The summed E-state index contributed by atoms with van der Waals surface area (Å²) in [5.74, 6) is 1.62. The van der Waals surface area contributed by atoms with Crippen LogP contribution in [0.5, 0.6) is 11.6 Å². The van der Waals surface area contributed by atoms with Crippen LogP contribution in [0.25, 0.3) is 0 Å². The number of pyridine rings is 1. The standard InChI is InChI=1S/C17H20N2O2/c1-20-15-7-5-14(6-8-15)12-19-11-9-16(13-19)21-17-4-2-3-10-18-17/h2-8,10,16H,9,11-13H2,1H3. The zero-order valence-electron chi connectivity index (χ0n) is 12.2. The summed E-state index contributed by atoms with van der Waals surface area (Å²) >= 11 is 0. The van der Waals surface area contributed by atoms with Gasteiger partial charge in [-0.3, -0.25) is 4.90 Å².